The maximum absolute atomic E-state index is 12.6. The number of hydrogen-bond acceptors (Lipinski definition) is 4. The molecular weight excluding hydrogens is 366 g/mol. The van der Waals surface area contributed by atoms with E-state index in [0.717, 1.165) is 24.2 Å². The van der Waals surface area contributed by atoms with Gasteiger partial charge in [0.15, 0.2) is 0 Å². The van der Waals surface area contributed by atoms with Crippen molar-refractivity contribution in [1.29, 1.82) is 0 Å². The second kappa shape index (κ2) is 10.6. The molecule has 5 heteroatoms. The van der Waals surface area contributed by atoms with Gasteiger partial charge >= 0.3 is 0 Å². The van der Waals surface area contributed by atoms with Crippen LogP contribution in [0.4, 0.5) is 0 Å². The molecule has 1 amide bonds. The third-order valence-corrected chi connectivity index (χ3v) is 5.09. The molecule has 0 saturated carbocycles. The molecule has 0 fully saturated rings. The van der Waals surface area contributed by atoms with Gasteiger partial charge in [-0.1, -0.05) is 17.7 Å². The molecule has 0 aliphatic heterocycles. The van der Waals surface area contributed by atoms with E-state index in [1.54, 1.807) is 20.3 Å². The van der Waals surface area contributed by atoms with Gasteiger partial charge in [0.1, 0.15) is 23.9 Å². The highest BCUT2D eigenvalue weighted by atomic mass is 16.5. The molecule has 0 unspecified atom stereocenters. The van der Waals surface area contributed by atoms with Crippen molar-refractivity contribution in [2.75, 3.05) is 20.8 Å². The minimum atomic E-state index is -0.0771. The van der Waals surface area contributed by atoms with Crippen molar-refractivity contribution in [1.82, 2.24) is 5.32 Å². The molecule has 0 heterocycles. The van der Waals surface area contributed by atoms with E-state index in [1.165, 1.54) is 24.8 Å². The van der Waals surface area contributed by atoms with Gasteiger partial charge < -0.3 is 19.5 Å². The first kappa shape index (κ1) is 20.8. The Balaban J connectivity index is 1.61. The van der Waals surface area contributed by atoms with Crippen molar-refractivity contribution in [3.05, 3.63) is 65.2 Å². The predicted octanol–water partition coefficient (Wildman–Crippen LogP) is 4.90. The number of carbonyl (C=O) groups is 1. The fourth-order valence-electron chi connectivity index (χ4n) is 3.46. The van der Waals surface area contributed by atoms with Crippen LogP contribution in [0.25, 0.3) is 0 Å². The van der Waals surface area contributed by atoms with Crippen molar-refractivity contribution >= 4 is 5.91 Å². The largest absolute Gasteiger partial charge is 0.497 e. The maximum atomic E-state index is 12.6. The first-order valence-corrected chi connectivity index (χ1v) is 10.1. The quantitative estimate of drug-likeness (QED) is 0.614. The second-order valence-corrected chi connectivity index (χ2v) is 7.11. The zero-order chi connectivity index (χ0) is 20.5. The summed E-state index contributed by atoms with van der Waals surface area (Å²) in [5.41, 5.74) is 2.88. The third-order valence-electron chi connectivity index (χ3n) is 5.09. The Kier molecular flexibility index (Phi) is 7.56. The zero-order valence-corrected chi connectivity index (χ0v) is 17.2. The van der Waals surface area contributed by atoms with E-state index in [4.69, 9.17) is 14.2 Å². The molecule has 0 radical (unpaired) electrons. The Morgan fingerprint density at radius 2 is 1.90 bits per heavy atom. The average molecular weight is 395 g/mol. The lowest BCUT2D eigenvalue weighted by Gasteiger charge is -2.14. The van der Waals surface area contributed by atoms with Crippen LogP contribution in [0.1, 0.15) is 48.0 Å². The van der Waals surface area contributed by atoms with Crippen LogP contribution < -0.4 is 19.5 Å². The van der Waals surface area contributed by atoms with Crippen LogP contribution >= 0.6 is 0 Å². The number of carbonyl (C=O) groups excluding carboxylic acids is 1. The Morgan fingerprint density at radius 3 is 2.66 bits per heavy atom. The number of methoxy groups -OCH3 is 2. The average Bonchev–Trinajstić information content (AvgIpc) is 2.78. The number of benzene rings is 2. The fourth-order valence-corrected chi connectivity index (χ4v) is 3.46. The van der Waals surface area contributed by atoms with Gasteiger partial charge in [-0.05, 0) is 62.4 Å². The minimum absolute atomic E-state index is 0.0771. The lowest BCUT2D eigenvalue weighted by Crippen LogP contribution is -2.25. The third kappa shape index (κ3) is 6.01. The standard InChI is InChI=1S/C24H29NO4/c1-27-21-9-6-10-22(16-21)29-17-20-15-19(11-12-23(20)28-2)24(26)25-14-13-18-7-4-3-5-8-18/h6-7,9-12,15-16H,3-5,8,13-14,17H2,1-2H3,(H,25,26). The first-order chi connectivity index (χ1) is 14.2. The summed E-state index contributed by atoms with van der Waals surface area (Å²) in [7, 11) is 3.23. The molecule has 154 valence electrons. The molecule has 1 N–H and O–H groups in total. The van der Waals surface area contributed by atoms with E-state index in [0.29, 0.717) is 30.2 Å². The maximum Gasteiger partial charge on any atom is 0.251 e. The summed E-state index contributed by atoms with van der Waals surface area (Å²) in [6.45, 7) is 0.955. The first-order valence-electron chi connectivity index (χ1n) is 10.1. The van der Waals surface area contributed by atoms with Gasteiger partial charge in [0.2, 0.25) is 0 Å². The molecule has 2 aromatic rings. The number of rotatable bonds is 9. The van der Waals surface area contributed by atoms with Crippen LogP contribution in [0.15, 0.2) is 54.1 Å². The summed E-state index contributed by atoms with van der Waals surface area (Å²) in [5.74, 6) is 2.04. The zero-order valence-electron chi connectivity index (χ0n) is 17.2. The number of hydrogen-bond donors (Lipinski definition) is 1. The molecule has 2 aromatic carbocycles. The topological polar surface area (TPSA) is 56.8 Å². The van der Waals surface area contributed by atoms with Gasteiger partial charge in [-0.3, -0.25) is 4.79 Å². The summed E-state index contributed by atoms with van der Waals surface area (Å²) in [6, 6.07) is 12.8. The van der Waals surface area contributed by atoms with Crippen molar-refractivity contribution in [3.63, 3.8) is 0 Å². The van der Waals surface area contributed by atoms with Crippen molar-refractivity contribution in [2.24, 2.45) is 0 Å². The lowest BCUT2D eigenvalue weighted by atomic mass is 9.97. The molecule has 1 aliphatic carbocycles. The van der Waals surface area contributed by atoms with Crippen LogP contribution in [0, 0.1) is 0 Å². The van der Waals surface area contributed by atoms with Gasteiger partial charge in [-0.25, -0.2) is 0 Å². The number of nitrogens with one attached hydrogen (secondary N) is 1. The molecular formula is C24H29NO4. The molecule has 0 spiro atoms. The van der Waals surface area contributed by atoms with Gasteiger partial charge in [-0.15, -0.1) is 0 Å². The number of allylic oxidation sites excluding steroid dienone is 1. The molecule has 29 heavy (non-hydrogen) atoms. The van der Waals surface area contributed by atoms with Crippen LogP contribution in [0.2, 0.25) is 0 Å². The van der Waals surface area contributed by atoms with E-state index in [-0.39, 0.29) is 5.91 Å². The highest BCUT2D eigenvalue weighted by Gasteiger charge is 2.12. The van der Waals surface area contributed by atoms with E-state index in [2.05, 4.69) is 11.4 Å². The summed E-state index contributed by atoms with van der Waals surface area (Å²) in [4.78, 5) is 12.6. The molecule has 1 aliphatic rings. The van der Waals surface area contributed by atoms with E-state index < -0.39 is 0 Å². The summed E-state index contributed by atoms with van der Waals surface area (Å²) in [5, 5.41) is 3.02. The Morgan fingerprint density at radius 1 is 1.03 bits per heavy atom. The highest BCUT2D eigenvalue weighted by molar-refractivity contribution is 5.94. The lowest BCUT2D eigenvalue weighted by molar-refractivity contribution is 0.0954. The predicted molar refractivity (Wildman–Crippen MR) is 114 cm³/mol. The number of ether oxygens (including phenoxy) is 3. The van der Waals surface area contributed by atoms with Crippen LogP contribution in [-0.4, -0.2) is 26.7 Å². The monoisotopic (exact) mass is 395 g/mol. The summed E-state index contributed by atoms with van der Waals surface area (Å²) < 4.78 is 16.5. The molecule has 3 rings (SSSR count). The Hall–Kier alpha value is -2.95. The highest BCUT2D eigenvalue weighted by Crippen LogP contribution is 2.24. The summed E-state index contributed by atoms with van der Waals surface area (Å²) >= 11 is 0. The van der Waals surface area contributed by atoms with Gasteiger partial charge in [0.25, 0.3) is 5.91 Å². The van der Waals surface area contributed by atoms with Crippen LogP contribution in [-0.2, 0) is 6.61 Å². The fraction of sp³-hybridized carbons (Fsp3) is 0.375. The van der Waals surface area contributed by atoms with Crippen LogP contribution in [0.5, 0.6) is 17.2 Å². The van der Waals surface area contributed by atoms with E-state index in [9.17, 15) is 4.79 Å². The Labute approximate surface area is 172 Å². The van der Waals surface area contributed by atoms with Crippen molar-refractivity contribution < 1.29 is 19.0 Å². The minimum Gasteiger partial charge on any atom is -0.497 e. The SMILES string of the molecule is COc1cccc(OCc2cc(C(=O)NCCC3=CCCCC3)ccc2OC)c1. The van der Waals surface area contributed by atoms with Crippen LogP contribution in [0.3, 0.4) is 0 Å². The molecule has 5 nitrogen and oxygen atoms in total. The number of amides is 1. The summed E-state index contributed by atoms with van der Waals surface area (Å²) in [6.07, 6.45) is 8.10. The van der Waals surface area contributed by atoms with E-state index in [1.807, 2.05) is 36.4 Å². The smallest absolute Gasteiger partial charge is 0.251 e. The molecule has 0 bridgehead atoms. The molecule has 0 aromatic heterocycles. The van der Waals surface area contributed by atoms with Crippen molar-refractivity contribution in [3.8, 4) is 17.2 Å². The normalized spacial score (nSPS) is 13.4. The van der Waals surface area contributed by atoms with Crippen molar-refractivity contribution in [2.45, 2.75) is 38.7 Å². The van der Waals surface area contributed by atoms with Gasteiger partial charge in [0.05, 0.1) is 14.2 Å². The Bertz CT molecular complexity index is 860. The van der Waals surface area contributed by atoms with Gasteiger partial charge in [-0.2, -0.15) is 0 Å². The molecule has 0 atom stereocenters. The van der Waals surface area contributed by atoms with E-state index >= 15 is 0 Å². The second-order valence-electron chi connectivity index (χ2n) is 7.11. The van der Waals surface area contributed by atoms with Gasteiger partial charge in [0, 0.05) is 23.7 Å². The molecule has 0 saturated heterocycles.